The predicted octanol–water partition coefficient (Wildman–Crippen LogP) is 3.29. The molecule has 0 atom stereocenters. The highest BCUT2D eigenvalue weighted by atomic mass is 16.5. The molecule has 3 N–H and O–H groups in total. The number of rotatable bonds is 4. The van der Waals surface area contributed by atoms with Gasteiger partial charge < -0.3 is 15.4 Å². The van der Waals surface area contributed by atoms with Crippen LogP contribution in [-0.2, 0) is 4.74 Å². The summed E-state index contributed by atoms with van der Waals surface area (Å²) < 4.78 is 4.77. The fourth-order valence-corrected chi connectivity index (χ4v) is 1.65. The number of carbonyl (C=O) groups is 2. The van der Waals surface area contributed by atoms with Crippen molar-refractivity contribution in [3.63, 3.8) is 0 Å². The summed E-state index contributed by atoms with van der Waals surface area (Å²) in [5, 5.41) is 7.89. The summed E-state index contributed by atoms with van der Waals surface area (Å²) in [5.41, 5.74) is 1.77. The molecule has 0 saturated carbocycles. The zero-order valence-electron chi connectivity index (χ0n) is 12.0. The molecule has 0 spiro atoms. The number of hydrogen-bond acceptors (Lipinski definition) is 4. The smallest absolute Gasteiger partial charge is 0.411 e. The highest BCUT2D eigenvalue weighted by molar-refractivity contribution is 5.99. The number of nitrogens with zero attached hydrogens (tertiary/aromatic N) is 1. The van der Waals surface area contributed by atoms with Gasteiger partial charge in [0.2, 0.25) is 0 Å². The number of aromatic nitrogens is 1. The monoisotopic (exact) mass is 300 g/mol. The van der Waals surface area contributed by atoms with Crippen LogP contribution in [0.2, 0.25) is 0 Å². The molecule has 7 heteroatoms. The van der Waals surface area contributed by atoms with Gasteiger partial charge in [0.15, 0.2) is 0 Å². The van der Waals surface area contributed by atoms with Crippen LogP contribution in [0.1, 0.15) is 6.92 Å². The summed E-state index contributed by atoms with van der Waals surface area (Å²) in [6.45, 7) is 2.04. The van der Waals surface area contributed by atoms with Crippen LogP contribution in [0.3, 0.4) is 0 Å². The highest BCUT2D eigenvalue weighted by Gasteiger charge is 2.04. The van der Waals surface area contributed by atoms with Crippen molar-refractivity contribution in [3.8, 4) is 0 Å². The molecule has 1 aromatic heterocycles. The van der Waals surface area contributed by atoms with E-state index in [2.05, 4.69) is 20.9 Å². The first-order valence-electron chi connectivity index (χ1n) is 6.69. The molecule has 3 amide bonds. The van der Waals surface area contributed by atoms with Gasteiger partial charge in [-0.2, -0.15) is 0 Å². The van der Waals surface area contributed by atoms with Gasteiger partial charge >= 0.3 is 12.1 Å². The van der Waals surface area contributed by atoms with Crippen molar-refractivity contribution >= 4 is 29.2 Å². The first kappa shape index (κ1) is 15.3. The average Bonchev–Trinajstić information content (AvgIpc) is 2.50. The van der Waals surface area contributed by atoms with E-state index in [0.717, 1.165) is 0 Å². The van der Waals surface area contributed by atoms with Crippen LogP contribution in [0.5, 0.6) is 0 Å². The fraction of sp³-hybridized carbons (Fsp3) is 0.133. The molecule has 0 radical (unpaired) electrons. The molecule has 114 valence electrons. The molecule has 0 aliphatic carbocycles. The molecule has 1 heterocycles. The van der Waals surface area contributed by atoms with E-state index in [1.54, 1.807) is 55.7 Å². The van der Waals surface area contributed by atoms with Crippen LogP contribution in [0.4, 0.5) is 26.7 Å². The van der Waals surface area contributed by atoms with E-state index in [-0.39, 0.29) is 6.03 Å². The molecule has 1 aromatic carbocycles. The summed E-state index contributed by atoms with van der Waals surface area (Å²) in [6.07, 6.45) is 2.65. The Balaban J connectivity index is 1.88. The summed E-state index contributed by atoms with van der Waals surface area (Å²) >= 11 is 0. The predicted molar refractivity (Wildman–Crippen MR) is 84.0 cm³/mol. The van der Waals surface area contributed by atoms with Gasteiger partial charge in [-0.1, -0.05) is 0 Å². The lowest BCUT2D eigenvalue weighted by atomic mass is 10.3. The lowest BCUT2D eigenvalue weighted by molar-refractivity contribution is 0.168. The van der Waals surface area contributed by atoms with E-state index in [9.17, 15) is 9.59 Å². The largest absolute Gasteiger partial charge is 0.450 e. The number of nitrogens with one attached hydrogen (secondary N) is 3. The first-order chi connectivity index (χ1) is 10.7. The molecule has 0 unspecified atom stereocenters. The Hall–Kier alpha value is -3.09. The molecule has 22 heavy (non-hydrogen) atoms. The summed E-state index contributed by atoms with van der Waals surface area (Å²) in [5.74, 6) is 0. The number of anilines is 3. The van der Waals surface area contributed by atoms with E-state index in [1.165, 1.54) is 0 Å². The van der Waals surface area contributed by atoms with Crippen LogP contribution in [0.25, 0.3) is 0 Å². The van der Waals surface area contributed by atoms with Crippen LogP contribution in [0, 0.1) is 0 Å². The van der Waals surface area contributed by atoms with Crippen molar-refractivity contribution in [2.45, 2.75) is 6.92 Å². The van der Waals surface area contributed by atoms with Crippen molar-refractivity contribution in [3.05, 3.63) is 48.8 Å². The Morgan fingerprint density at radius 1 is 1.00 bits per heavy atom. The van der Waals surface area contributed by atoms with Crippen LogP contribution in [-0.4, -0.2) is 23.7 Å². The second kappa shape index (κ2) is 7.63. The first-order valence-corrected chi connectivity index (χ1v) is 6.69. The normalized spacial score (nSPS) is 9.68. The Kier molecular flexibility index (Phi) is 5.31. The Morgan fingerprint density at radius 3 is 2.23 bits per heavy atom. The number of benzene rings is 1. The lowest BCUT2D eigenvalue weighted by Crippen LogP contribution is -2.19. The fourth-order valence-electron chi connectivity index (χ4n) is 1.65. The van der Waals surface area contributed by atoms with Gasteiger partial charge in [0.05, 0.1) is 18.5 Å². The quantitative estimate of drug-likeness (QED) is 0.807. The number of carbonyl (C=O) groups excluding carboxylic acids is 2. The summed E-state index contributed by atoms with van der Waals surface area (Å²) in [6, 6.07) is 9.76. The number of hydrogen-bond donors (Lipinski definition) is 3. The third-order valence-corrected chi connectivity index (χ3v) is 2.58. The van der Waals surface area contributed by atoms with E-state index in [0.29, 0.717) is 23.7 Å². The average molecular weight is 300 g/mol. The van der Waals surface area contributed by atoms with Crippen molar-refractivity contribution in [1.82, 2.24) is 4.98 Å². The number of urea groups is 1. The third kappa shape index (κ3) is 4.78. The van der Waals surface area contributed by atoms with E-state index in [4.69, 9.17) is 4.74 Å². The molecule has 0 bridgehead atoms. The second-order valence-corrected chi connectivity index (χ2v) is 4.24. The van der Waals surface area contributed by atoms with Crippen molar-refractivity contribution < 1.29 is 14.3 Å². The second-order valence-electron chi connectivity index (χ2n) is 4.24. The Morgan fingerprint density at radius 2 is 1.64 bits per heavy atom. The molecule has 7 nitrogen and oxygen atoms in total. The van der Waals surface area contributed by atoms with Gasteiger partial charge in [0, 0.05) is 17.6 Å². The molecular formula is C15H16N4O3. The maximum Gasteiger partial charge on any atom is 0.411 e. The van der Waals surface area contributed by atoms with E-state index in [1.807, 2.05) is 0 Å². The number of ether oxygens (including phenoxy) is 1. The van der Waals surface area contributed by atoms with E-state index < -0.39 is 6.09 Å². The molecule has 2 rings (SSSR count). The Bertz CT molecular complexity index is 629. The van der Waals surface area contributed by atoms with Gasteiger partial charge in [-0.25, -0.2) is 9.59 Å². The van der Waals surface area contributed by atoms with E-state index >= 15 is 0 Å². The summed E-state index contributed by atoms with van der Waals surface area (Å²) in [4.78, 5) is 27.0. The van der Waals surface area contributed by atoms with Crippen LogP contribution < -0.4 is 16.0 Å². The van der Waals surface area contributed by atoms with Crippen molar-refractivity contribution in [2.75, 3.05) is 22.6 Å². The van der Waals surface area contributed by atoms with Gasteiger partial charge in [-0.3, -0.25) is 10.3 Å². The van der Waals surface area contributed by atoms with Crippen LogP contribution in [0.15, 0.2) is 48.8 Å². The van der Waals surface area contributed by atoms with Gasteiger partial charge in [-0.05, 0) is 43.3 Å². The third-order valence-electron chi connectivity index (χ3n) is 2.58. The minimum Gasteiger partial charge on any atom is -0.450 e. The summed E-state index contributed by atoms with van der Waals surface area (Å²) in [7, 11) is 0. The molecule has 0 aliphatic rings. The molecule has 0 saturated heterocycles. The zero-order chi connectivity index (χ0) is 15.8. The van der Waals surface area contributed by atoms with Crippen LogP contribution >= 0.6 is 0 Å². The maximum absolute atomic E-state index is 11.8. The Labute approximate surface area is 127 Å². The van der Waals surface area contributed by atoms with Crippen molar-refractivity contribution in [2.24, 2.45) is 0 Å². The topological polar surface area (TPSA) is 92.4 Å². The number of amides is 3. The van der Waals surface area contributed by atoms with Gasteiger partial charge in [-0.15, -0.1) is 0 Å². The van der Waals surface area contributed by atoms with Gasteiger partial charge in [0.1, 0.15) is 0 Å². The highest BCUT2D eigenvalue weighted by Crippen LogP contribution is 2.14. The molecule has 0 fully saturated rings. The number of pyridine rings is 1. The van der Waals surface area contributed by atoms with Gasteiger partial charge in [0.25, 0.3) is 0 Å². The molecule has 0 aliphatic heterocycles. The minimum absolute atomic E-state index is 0.306. The minimum atomic E-state index is -0.516. The van der Waals surface area contributed by atoms with Crippen molar-refractivity contribution in [1.29, 1.82) is 0 Å². The lowest BCUT2D eigenvalue weighted by Gasteiger charge is -2.09. The standard InChI is InChI=1S/C15H16N4O3/c1-2-22-15(21)19-12-7-5-11(6-8-12)17-14(20)18-13-4-3-9-16-10-13/h3-10H,2H2,1H3,(H,19,21)(H2,17,18,20). The molecular weight excluding hydrogens is 284 g/mol. The maximum atomic E-state index is 11.8. The SMILES string of the molecule is CCOC(=O)Nc1ccc(NC(=O)Nc2cccnc2)cc1. The zero-order valence-corrected chi connectivity index (χ0v) is 12.0. The molecule has 2 aromatic rings.